The van der Waals surface area contributed by atoms with Crippen molar-refractivity contribution in [1.29, 1.82) is 0 Å². The number of hydrogen-bond acceptors (Lipinski definition) is 4. The molecule has 1 aliphatic heterocycles. The summed E-state index contributed by atoms with van der Waals surface area (Å²) in [5.74, 6) is -0.205. The molecule has 0 radical (unpaired) electrons. The Bertz CT molecular complexity index is 713. The number of rotatable bonds is 4. The Morgan fingerprint density at radius 1 is 1.08 bits per heavy atom. The largest absolute Gasteiger partial charge is 0.421 e. The lowest BCUT2D eigenvalue weighted by atomic mass is 10.1. The number of morpholine rings is 1. The summed E-state index contributed by atoms with van der Waals surface area (Å²) in [6, 6.07) is 12.3. The molecule has 0 aliphatic carbocycles. The molecule has 4 nitrogen and oxygen atoms in total. The second-order valence-corrected chi connectivity index (χ2v) is 6.31. The molecule has 6 heteroatoms. The van der Waals surface area contributed by atoms with Crippen LogP contribution in [-0.2, 0) is 11.3 Å². The normalized spacial score (nSPS) is 15.2. The number of carbonyl (C=O) groups is 1. The van der Waals surface area contributed by atoms with E-state index in [1.54, 1.807) is 30.3 Å². The van der Waals surface area contributed by atoms with Gasteiger partial charge in [0.1, 0.15) is 5.02 Å². The minimum absolute atomic E-state index is 0.233. The fourth-order valence-electron chi connectivity index (χ4n) is 2.49. The lowest BCUT2D eigenvalue weighted by Crippen LogP contribution is -2.35. The van der Waals surface area contributed by atoms with Crippen LogP contribution in [0.5, 0.6) is 5.75 Å². The number of hydrogen-bond donors (Lipinski definition) is 0. The third kappa shape index (κ3) is 4.28. The minimum atomic E-state index is -0.461. The van der Waals surface area contributed by atoms with Crippen LogP contribution in [0.25, 0.3) is 0 Å². The highest BCUT2D eigenvalue weighted by Crippen LogP contribution is 2.31. The highest BCUT2D eigenvalue weighted by atomic mass is 35.5. The first-order chi connectivity index (χ1) is 11.6. The number of nitrogens with zero attached hydrogens (tertiary/aromatic N) is 1. The van der Waals surface area contributed by atoms with E-state index >= 15 is 0 Å². The molecular weight excluding hydrogens is 349 g/mol. The average molecular weight is 366 g/mol. The molecule has 126 valence electrons. The van der Waals surface area contributed by atoms with E-state index in [2.05, 4.69) is 4.90 Å². The average Bonchev–Trinajstić information content (AvgIpc) is 2.60. The van der Waals surface area contributed by atoms with Crippen LogP contribution >= 0.6 is 23.2 Å². The van der Waals surface area contributed by atoms with Crippen LogP contribution in [0.3, 0.4) is 0 Å². The third-order valence-electron chi connectivity index (χ3n) is 3.82. The highest BCUT2D eigenvalue weighted by molar-refractivity contribution is 6.43. The topological polar surface area (TPSA) is 38.8 Å². The SMILES string of the molecule is O=C(Oc1cccc(Cl)c1Cl)c1ccc(CN2CCOCC2)cc1. The van der Waals surface area contributed by atoms with Gasteiger partial charge in [-0.1, -0.05) is 41.4 Å². The monoisotopic (exact) mass is 365 g/mol. The van der Waals surface area contributed by atoms with Crippen LogP contribution in [-0.4, -0.2) is 37.2 Å². The van der Waals surface area contributed by atoms with Crippen molar-refractivity contribution in [2.75, 3.05) is 26.3 Å². The second-order valence-electron chi connectivity index (χ2n) is 5.53. The Kier molecular flexibility index (Phi) is 5.74. The van der Waals surface area contributed by atoms with E-state index < -0.39 is 5.97 Å². The Morgan fingerprint density at radius 3 is 2.50 bits per heavy atom. The fraction of sp³-hybridized carbons (Fsp3) is 0.278. The number of carbonyl (C=O) groups excluding carboxylic acids is 1. The molecule has 2 aromatic rings. The molecular formula is C18H17Cl2NO3. The summed E-state index contributed by atoms with van der Waals surface area (Å²) in [4.78, 5) is 14.6. The van der Waals surface area contributed by atoms with Crippen LogP contribution < -0.4 is 4.74 Å². The summed E-state index contributed by atoms with van der Waals surface area (Å²) >= 11 is 12.0. The summed E-state index contributed by atoms with van der Waals surface area (Å²) in [5, 5.41) is 0.583. The molecule has 0 aromatic heterocycles. The molecule has 1 fully saturated rings. The zero-order chi connectivity index (χ0) is 16.9. The van der Waals surface area contributed by atoms with Crippen molar-refractivity contribution in [3.05, 3.63) is 63.6 Å². The lowest BCUT2D eigenvalue weighted by Gasteiger charge is -2.26. The number of ether oxygens (including phenoxy) is 2. The molecule has 0 N–H and O–H groups in total. The van der Waals surface area contributed by atoms with Gasteiger partial charge in [-0.2, -0.15) is 0 Å². The van der Waals surface area contributed by atoms with Gasteiger partial charge >= 0.3 is 5.97 Å². The molecule has 3 rings (SSSR count). The molecule has 0 spiro atoms. The number of benzene rings is 2. The molecule has 2 aromatic carbocycles. The summed E-state index contributed by atoms with van der Waals surface area (Å²) < 4.78 is 10.7. The van der Waals surface area contributed by atoms with Crippen molar-refractivity contribution >= 4 is 29.2 Å². The van der Waals surface area contributed by atoms with Gasteiger partial charge < -0.3 is 9.47 Å². The Labute approximate surface area is 150 Å². The van der Waals surface area contributed by atoms with Gasteiger partial charge in [-0.15, -0.1) is 0 Å². The van der Waals surface area contributed by atoms with E-state index in [0.29, 0.717) is 10.6 Å². The van der Waals surface area contributed by atoms with Crippen LogP contribution in [0, 0.1) is 0 Å². The third-order valence-corrected chi connectivity index (χ3v) is 4.62. The molecule has 0 amide bonds. The quantitative estimate of drug-likeness (QED) is 0.605. The summed E-state index contributed by atoms with van der Waals surface area (Å²) in [6.07, 6.45) is 0. The summed E-state index contributed by atoms with van der Waals surface area (Å²) in [7, 11) is 0. The number of esters is 1. The van der Waals surface area contributed by atoms with Gasteiger partial charge in [0.2, 0.25) is 0 Å². The van der Waals surface area contributed by atoms with E-state index in [-0.39, 0.29) is 10.8 Å². The Morgan fingerprint density at radius 2 is 1.79 bits per heavy atom. The van der Waals surface area contributed by atoms with Crippen LogP contribution in [0.15, 0.2) is 42.5 Å². The van der Waals surface area contributed by atoms with Gasteiger partial charge in [0, 0.05) is 19.6 Å². The smallest absolute Gasteiger partial charge is 0.343 e. The van der Waals surface area contributed by atoms with Gasteiger partial charge in [0.15, 0.2) is 5.75 Å². The second kappa shape index (κ2) is 7.99. The molecule has 1 saturated heterocycles. The van der Waals surface area contributed by atoms with E-state index in [0.717, 1.165) is 38.4 Å². The maximum Gasteiger partial charge on any atom is 0.343 e. The predicted octanol–water partition coefficient (Wildman–Crippen LogP) is 4.04. The van der Waals surface area contributed by atoms with Crippen molar-refractivity contribution in [2.24, 2.45) is 0 Å². The molecule has 0 saturated carbocycles. The molecule has 24 heavy (non-hydrogen) atoms. The van der Waals surface area contributed by atoms with E-state index in [9.17, 15) is 4.79 Å². The lowest BCUT2D eigenvalue weighted by molar-refractivity contribution is 0.0342. The van der Waals surface area contributed by atoms with Crippen molar-refractivity contribution in [2.45, 2.75) is 6.54 Å². The highest BCUT2D eigenvalue weighted by Gasteiger charge is 2.14. The standard InChI is InChI=1S/C18H17Cl2NO3/c19-15-2-1-3-16(17(15)20)24-18(22)14-6-4-13(5-7-14)12-21-8-10-23-11-9-21/h1-7H,8-12H2. The zero-order valence-electron chi connectivity index (χ0n) is 13.0. The van der Waals surface area contributed by atoms with E-state index in [1.165, 1.54) is 0 Å². The van der Waals surface area contributed by atoms with Crippen molar-refractivity contribution in [3.63, 3.8) is 0 Å². The van der Waals surface area contributed by atoms with Gasteiger partial charge in [-0.3, -0.25) is 4.90 Å². The minimum Gasteiger partial charge on any atom is -0.421 e. The van der Waals surface area contributed by atoms with Crippen LogP contribution in [0.4, 0.5) is 0 Å². The first kappa shape index (κ1) is 17.2. The van der Waals surface area contributed by atoms with Crippen molar-refractivity contribution in [1.82, 2.24) is 4.90 Å². The fourth-order valence-corrected chi connectivity index (χ4v) is 2.82. The maximum atomic E-state index is 12.2. The zero-order valence-corrected chi connectivity index (χ0v) is 14.5. The number of halogens is 2. The van der Waals surface area contributed by atoms with Crippen molar-refractivity contribution < 1.29 is 14.3 Å². The first-order valence-corrected chi connectivity index (χ1v) is 8.44. The Hall–Kier alpha value is -1.59. The summed E-state index contributed by atoms with van der Waals surface area (Å²) in [5.41, 5.74) is 1.62. The van der Waals surface area contributed by atoms with Gasteiger partial charge in [-0.05, 0) is 29.8 Å². The molecule has 0 bridgehead atoms. The van der Waals surface area contributed by atoms with Crippen LogP contribution in [0.2, 0.25) is 10.0 Å². The summed E-state index contributed by atoms with van der Waals surface area (Å²) in [6.45, 7) is 4.24. The van der Waals surface area contributed by atoms with E-state index in [1.807, 2.05) is 12.1 Å². The molecule has 0 atom stereocenters. The maximum absolute atomic E-state index is 12.2. The van der Waals surface area contributed by atoms with E-state index in [4.69, 9.17) is 32.7 Å². The van der Waals surface area contributed by atoms with Gasteiger partial charge in [0.25, 0.3) is 0 Å². The van der Waals surface area contributed by atoms with Gasteiger partial charge in [-0.25, -0.2) is 4.79 Å². The predicted molar refractivity (Wildman–Crippen MR) is 94.0 cm³/mol. The first-order valence-electron chi connectivity index (χ1n) is 7.69. The molecule has 1 heterocycles. The molecule has 0 unspecified atom stereocenters. The molecule has 1 aliphatic rings. The van der Waals surface area contributed by atoms with Crippen LogP contribution in [0.1, 0.15) is 15.9 Å². The van der Waals surface area contributed by atoms with Crippen molar-refractivity contribution in [3.8, 4) is 5.75 Å². The van der Waals surface area contributed by atoms with Gasteiger partial charge in [0.05, 0.1) is 23.8 Å². The Balaban J connectivity index is 1.64.